The molecule has 0 atom stereocenters. The number of amides is 2. The van der Waals surface area contributed by atoms with E-state index in [0.717, 1.165) is 20.6 Å². The van der Waals surface area contributed by atoms with Crippen molar-refractivity contribution in [2.75, 3.05) is 4.90 Å². The molecule has 2 amide bonds. The van der Waals surface area contributed by atoms with Gasteiger partial charge in [-0.15, -0.1) is 0 Å². The zero-order valence-electron chi connectivity index (χ0n) is 17.2. The highest BCUT2D eigenvalue weighted by Gasteiger charge is 2.43. The number of nitrogens with zero attached hydrogens (tertiary/aromatic N) is 3. The van der Waals surface area contributed by atoms with Crippen molar-refractivity contribution in [1.29, 1.82) is 5.26 Å². The van der Waals surface area contributed by atoms with Gasteiger partial charge < -0.3 is 14.0 Å². The number of anilines is 1. The molecule has 1 aromatic heterocycles. The molecule has 1 aliphatic heterocycles. The number of imide groups is 1. The first kappa shape index (κ1) is 20.9. The molecule has 0 unspecified atom stereocenters. The predicted octanol–water partition coefficient (Wildman–Crippen LogP) is 5.45. The maximum absolute atomic E-state index is 12.7. The number of hydrogen-bond donors (Lipinski definition) is 0. The Kier molecular flexibility index (Phi) is 4.99. The van der Waals surface area contributed by atoms with Crippen LogP contribution in [-0.2, 0) is 22.1 Å². The molecule has 2 aromatic rings. The van der Waals surface area contributed by atoms with Crippen molar-refractivity contribution in [3.05, 3.63) is 40.0 Å². The van der Waals surface area contributed by atoms with Crippen LogP contribution in [-0.4, -0.2) is 22.4 Å². The van der Waals surface area contributed by atoms with Gasteiger partial charge in [-0.3, -0.25) is 0 Å². The quantitative estimate of drug-likeness (QED) is 0.565. The second kappa shape index (κ2) is 6.92. The van der Waals surface area contributed by atoms with Crippen molar-refractivity contribution in [1.82, 2.24) is 4.57 Å². The number of halogens is 1. The summed E-state index contributed by atoms with van der Waals surface area (Å²) in [6.45, 7) is 8.72. The minimum absolute atomic E-state index is 0.412. The maximum atomic E-state index is 12.7. The Bertz CT molecular complexity index is 1060. The summed E-state index contributed by atoms with van der Waals surface area (Å²) in [6, 6.07) is 9.25. The number of benzene rings is 1. The van der Waals surface area contributed by atoms with Crippen LogP contribution < -0.4 is 4.90 Å². The van der Waals surface area contributed by atoms with Crippen molar-refractivity contribution >= 4 is 33.8 Å². The second-order valence-corrected chi connectivity index (χ2v) is 9.18. The van der Waals surface area contributed by atoms with E-state index in [0.29, 0.717) is 16.9 Å². The molecule has 8 heteroatoms. The van der Waals surface area contributed by atoms with E-state index in [1.54, 1.807) is 64.4 Å². The molecule has 0 bridgehead atoms. The monoisotopic (exact) mass is 459 g/mol. The van der Waals surface area contributed by atoms with E-state index in [9.17, 15) is 14.9 Å². The number of carbonyl (C=O) groups excluding carboxylic acids is 2. The Morgan fingerprint density at radius 1 is 1.28 bits per heavy atom. The SMILES string of the molecule is Cn1c(C#N)cc(Br)c1-c1ccc2c(c1)C(C)(C)OC(=O)N2C(=O)OC(C)(C)C. The fourth-order valence-corrected chi connectivity index (χ4v) is 3.97. The van der Waals surface area contributed by atoms with Crippen molar-refractivity contribution in [3.63, 3.8) is 0 Å². The first-order chi connectivity index (χ1) is 13.4. The van der Waals surface area contributed by atoms with Crippen LogP contribution in [0.25, 0.3) is 11.3 Å². The minimum Gasteiger partial charge on any atom is -0.443 e. The van der Waals surface area contributed by atoms with Crippen LogP contribution in [0.1, 0.15) is 45.9 Å². The van der Waals surface area contributed by atoms with E-state index in [4.69, 9.17) is 9.47 Å². The first-order valence-corrected chi connectivity index (χ1v) is 9.81. The smallest absolute Gasteiger partial charge is 0.424 e. The molecular weight excluding hydrogens is 438 g/mol. The number of nitriles is 1. The Hall–Kier alpha value is -2.79. The van der Waals surface area contributed by atoms with Crippen LogP contribution in [0.5, 0.6) is 0 Å². The lowest BCUT2D eigenvalue weighted by Crippen LogP contribution is -2.48. The Morgan fingerprint density at radius 3 is 2.48 bits per heavy atom. The molecule has 0 radical (unpaired) electrons. The normalized spacial score (nSPS) is 15.4. The number of aromatic nitrogens is 1. The summed E-state index contributed by atoms with van der Waals surface area (Å²) in [5.41, 5.74) is 1.49. The van der Waals surface area contributed by atoms with E-state index in [-0.39, 0.29) is 0 Å². The maximum Gasteiger partial charge on any atom is 0.424 e. The molecule has 1 aromatic carbocycles. The lowest BCUT2D eigenvalue weighted by atomic mass is 9.91. The third-order valence-electron chi connectivity index (χ3n) is 4.56. The van der Waals surface area contributed by atoms with Crippen LogP contribution in [0.3, 0.4) is 0 Å². The largest absolute Gasteiger partial charge is 0.443 e. The molecule has 0 saturated heterocycles. The Morgan fingerprint density at radius 2 is 1.93 bits per heavy atom. The summed E-state index contributed by atoms with van der Waals surface area (Å²) in [6.07, 6.45) is -1.57. The van der Waals surface area contributed by atoms with E-state index in [2.05, 4.69) is 22.0 Å². The van der Waals surface area contributed by atoms with Gasteiger partial charge in [0, 0.05) is 17.1 Å². The number of fused-ring (bicyclic) bond motifs is 1. The topological polar surface area (TPSA) is 84.6 Å². The molecule has 3 rings (SSSR count). The molecule has 2 heterocycles. The fourth-order valence-electron chi connectivity index (χ4n) is 3.26. The van der Waals surface area contributed by atoms with Gasteiger partial charge >= 0.3 is 12.2 Å². The molecule has 1 aliphatic rings. The average molecular weight is 460 g/mol. The van der Waals surface area contributed by atoms with E-state index in [1.807, 2.05) is 6.07 Å². The van der Waals surface area contributed by atoms with Gasteiger partial charge in [-0.1, -0.05) is 6.07 Å². The van der Waals surface area contributed by atoms with Gasteiger partial charge in [0.15, 0.2) is 0 Å². The number of rotatable bonds is 1. The first-order valence-electron chi connectivity index (χ1n) is 9.02. The van der Waals surface area contributed by atoms with Gasteiger partial charge in [0.25, 0.3) is 0 Å². The second-order valence-electron chi connectivity index (χ2n) is 8.32. The van der Waals surface area contributed by atoms with Gasteiger partial charge in [-0.25, -0.2) is 9.59 Å². The van der Waals surface area contributed by atoms with Crippen LogP contribution >= 0.6 is 15.9 Å². The van der Waals surface area contributed by atoms with Crippen molar-refractivity contribution in [3.8, 4) is 17.3 Å². The summed E-state index contributed by atoms with van der Waals surface area (Å²) in [5, 5.41) is 9.29. The average Bonchev–Trinajstić information content (AvgIpc) is 2.86. The van der Waals surface area contributed by atoms with E-state index in [1.165, 1.54) is 0 Å². The summed E-state index contributed by atoms with van der Waals surface area (Å²) in [4.78, 5) is 26.1. The number of ether oxygens (including phenoxy) is 2. The third kappa shape index (κ3) is 3.75. The molecule has 0 N–H and O–H groups in total. The fraction of sp³-hybridized carbons (Fsp3) is 0.381. The molecule has 0 aliphatic carbocycles. The number of hydrogen-bond acceptors (Lipinski definition) is 5. The zero-order valence-corrected chi connectivity index (χ0v) is 18.7. The summed E-state index contributed by atoms with van der Waals surface area (Å²) < 4.78 is 13.5. The number of carbonyl (C=O) groups is 2. The third-order valence-corrected chi connectivity index (χ3v) is 5.17. The molecule has 152 valence electrons. The van der Waals surface area contributed by atoms with Gasteiger partial charge in [0.05, 0.1) is 11.4 Å². The van der Waals surface area contributed by atoms with Crippen molar-refractivity contribution < 1.29 is 19.1 Å². The highest BCUT2D eigenvalue weighted by Crippen LogP contribution is 2.42. The van der Waals surface area contributed by atoms with Gasteiger partial charge in [0.2, 0.25) is 0 Å². The molecule has 0 saturated carbocycles. The molecule has 29 heavy (non-hydrogen) atoms. The van der Waals surface area contributed by atoms with Crippen molar-refractivity contribution in [2.24, 2.45) is 7.05 Å². The highest BCUT2D eigenvalue weighted by atomic mass is 79.9. The van der Waals surface area contributed by atoms with E-state index >= 15 is 0 Å². The van der Waals surface area contributed by atoms with Crippen LogP contribution in [0.15, 0.2) is 28.7 Å². The van der Waals surface area contributed by atoms with Crippen LogP contribution in [0.2, 0.25) is 0 Å². The molecular formula is C21H22BrN3O4. The van der Waals surface area contributed by atoms with Crippen LogP contribution in [0, 0.1) is 11.3 Å². The predicted molar refractivity (Wildman–Crippen MR) is 111 cm³/mol. The molecule has 7 nitrogen and oxygen atoms in total. The molecule has 0 fully saturated rings. The van der Waals surface area contributed by atoms with E-state index < -0.39 is 23.4 Å². The number of cyclic esters (lactones) is 1. The lowest BCUT2D eigenvalue weighted by molar-refractivity contribution is 0.0265. The van der Waals surface area contributed by atoms with Gasteiger partial charge in [0.1, 0.15) is 23.0 Å². The summed E-state index contributed by atoms with van der Waals surface area (Å²) in [5.74, 6) is 0. The summed E-state index contributed by atoms with van der Waals surface area (Å²) >= 11 is 3.51. The highest BCUT2D eigenvalue weighted by molar-refractivity contribution is 9.10. The Balaban J connectivity index is 2.15. The summed E-state index contributed by atoms with van der Waals surface area (Å²) in [7, 11) is 1.80. The Labute approximate surface area is 177 Å². The minimum atomic E-state index is -0.948. The lowest BCUT2D eigenvalue weighted by Gasteiger charge is -2.38. The van der Waals surface area contributed by atoms with Gasteiger partial charge in [-0.2, -0.15) is 10.2 Å². The standard InChI is InChI=1S/C21H22BrN3O4/c1-20(2,3)28-18(26)25-16-8-7-12(9-14(16)21(4,5)29-19(25)27)17-15(22)10-13(11-23)24(17)6/h7-10H,1-6H3. The van der Waals surface area contributed by atoms with Crippen LogP contribution in [0.4, 0.5) is 15.3 Å². The van der Waals surface area contributed by atoms with Crippen molar-refractivity contribution in [2.45, 2.75) is 45.8 Å². The zero-order chi connectivity index (χ0) is 21.7. The van der Waals surface area contributed by atoms with Gasteiger partial charge in [-0.05, 0) is 74.3 Å². The molecule has 0 spiro atoms.